The largest absolute Gasteiger partial charge is 0.454 e. The lowest BCUT2D eigenvalue weighted by atomic mass is 10.3. The van der Waals surface area contributed by atoms with Crippen LogP contribution in [0.15, 0.2) is 35.5 Å². The van der Waals surface area contributed by atoms with E-state index in [0.717, 1.165) is 20.8 Å². The fraction of sp³-hybridized carbons (Fsp3) is 0.438. The van der Waals surface area contributed by atoms with E-state index in [0.29, 0.717) is 0 Å². The molecule has 0 aromatic rings. The van der Waals surface area contributed by atoms with Crippen molar-refractivity contribution in [2.24, 2.45) is 0 Å². The summed E-state index contributed by atoms with van der Waals surface area (Å²) in [5.41, 5.74) is 0. The zero-order chi connectivity index (χ0) is 24.8. The van der Waals surface area contributed by atoms with Crippen LogP contribution in [0.5, 0.6) is 0 Å². The van der Waals surface area contributed by atoms with Crippen molar-refractivity contribution in [1.82, 2.24) is 0 Å². The van der Waals surface area contributed by atoms with Crippen molar-refractivity contribution in [3.63, 3.8) is 0 Å². The Kier molecular flexibility index (Phi) is 9.35. The standard InChI is InChI=1S/C16H13F9O6/c1-7(4-10(26)14(17,18)19)29-13(30-8(2)5-11(27)15(20,21)22)31-9(3)6-12(28)16(23,24)25/h4-6,13H,1-3H3/b7-4+,8-5+,9-6+. The first-order valence-electron chi connectivity index (χ1n) is 7.61. The second kappa shape index (κ2) is 10.3. The topological polar surface area (TPSA) is 78.9 Å². The summed E-state index contributed by atoms with van der Waals surface area (Å²) >= 11 is 0. The minimum atomic E-state index is -5.31. The Balaban J connectivity index is 5.72. The lowest BCUT2D eigenvalue weighted by Crippen LogP contribution is -2.25. The van der Waals surface area contributed by atoms with E-state index in [2.05, 4.69) is 14.2 Å². The molecule has 0 radical (unpaired) electrons. The van der Waals surface area contributed by atoms with Gasteiger partial charge < -0.3 is 14.2 Å². The predicted molar refractivity (Wildman–Crippen MR) is 81.5 cm³/mol. The third-order valence-corrected chi connectivity index (χ3v) is 2.69. The third-order valence-electron chi connectivity index (χ3n) is 2.69. The molecule has 15 heteroatoms. The van der Waals surface area contributed by atoms with Crippen molar-refractivity contribution in [3.05, 3.63) is 35.5 Å². The van der Waals surface area contributed by atoms with E-state index < -0.39 is 59.6 Å². The summed E-state index contributed by atoms with van der Waals surface area (Å²) in [6, 6.07) is 0. The molecule has 0 rings (SSSR count). The molecule has 0 bridgehead atoms. The lowest BCUT2D eigenvalue weighted by molar-refractivity contribution is -0.235. The van der Waals surface area contributed by atoms with Gasteiger partial charge in [0.05, 0.1) is 0 Å². The van der Waals surface area contributed by atoms with Crippen molar-refractivity contribution in [3.8, 4) is 0 Å². The van der Waals surface area contributed by atoms with Gasteiger partial charge in [-0.15, -0.1) is 0 Å². The summed E-state index contributed by atoms with van der Waals surface area (Å²) in [5, 5.41) is 0. The molecular formula is C16H13F9O6. The maximum Gasteiger partial charge on any atom is 0.454 e. The first-order valence-corrected chi connectivity index (χ1v) is 7.61. The highest BCUT2D eigenvalue weighted by molar-refractivity contribution is 5.95. The highest BCUT2D eigenvalue weighted by Crippen LogP contribution is 2.22. The normalized spacial score (nSPS) is 14.4. The molecule has 6 nitrogen and oxygen atoms in total. The van der Waals surface area contributed by atoms with Gasteiger partial charge in [0.25, 0.3) is 17.3 Å². The van der Waals surface area contributed by atoms with E-state index in [1.807, 2.05) is 0 Å². The number of allylic oxidation sites excluding steroid dienone is 6. The molecule has 0 aromatic heterocycles. The van der Waals surface area contributed by atoms with Gasteiger partial charge in [-0.3, -0.25) is 14.4 Å². The van der Waals surface area contributed by atoms with E-state index in [1.165, 1.54) is 0 Å². The molecule has 0 aliphatic rings. The van der Waals surface area contributed by atoms with E-state index in [1.54, 1.807) is 0 Å². The van der Waals surface area contributed by atoms with Gasteiger partial charge >= 0.3 is 25.0 Å². The Hall–Kier alpha value is -3.00. The smallest absolute Gasteiger partial charge is 0.428 e. The SMILES string of the molecule is C/C(=C\C(=O)C(F)(F)F)OC(O/C(C)=C/C(=O)C(F)(F)F)O/C(C)=C/C(=O)C(F)(F)F. The van der Waals surface area contributed by atoms with Crippen molar-refractivity contribution < 1.29 is 68.1 Å². The molecule has 0 saturated carbocycles. The second-order valence-corrected chi connectivity index (χ2v) is 5.49. The maximum absolute atomic E-state index is 12.3. The summed E-state index contributed by atoms with van der Waals surface area (Å²) in [4.78, 5) is 32.7. The molecule has 176 valence electrons. The van der Waals surface area contributed by atoms with Crippen LogP contribution in [-0.2, 0) is 28.6 Å². The maximum atomic E-state index is 12.3. The molecule has 31 heavy (non-hydrogen) atoms. The number of ketones is 3. The monoisotopic (exact) mass is 472 g/mol. The Labute approximate surface area is 167 Å². The van der Waals surface area contributed by atoms with Crippen LogP contribution in [0, 0.1) is 0 Å². The van der Waals surface area contributed by atoms with Gasteiger partial charge in [-0.1, -0.05) is 0 Å². The van der Waals surface area contributed by atoms with Gasteiger partial charge in [-0.2, -0.15) is 39.5 Å². The summed E-state index contributed by atoms with van der Waals surface area (Å²) in [6.07, 6.45) is -16.3. The van der Waals surface area contributed by atoms with Crippen molar-refractivity contribution in [2.45, 2.75) is 45.8 Å². The quantitative estimate of drug-likeness (QED) is 0.214. The highest BCUT2D eigenvalue weighted by Gasteiger charge is 2.39. The fourth-order valence-corrected chi connectivity index (χ4v) is 1.43. The van der Waals surface area contributed by atoms with Crippen LogP contribution in [0.4, 0.5) is 39.5 Å². The van der Waals surface area contributed by atoms with Gasteiger partial charge in [-0.25, -0.2) is 0 Å². The van der Waals surface area contributed by atoms with E-state index in [4.69, 9.17) is 0 Å². The third kappa shape index (κ3) is 11.1. The Morgan fingerprint density at radius 2 is 0.742 bits per heavy atom. The first kappa shape index (κ1) is 28.0. The molecular weight excluding hydrogens is 459 g/mol. The van der Waals surface area contributed by atoms with Crippen LogP contribution >= 0.6 is 0 Å². The van der Waals surface area contributed by atoms with Crippen LogP contribution < -0.4 is 0 Å². The minimum absolute atomic E-state index is 0.112. The fourth-order valence-electron chi connectivity index (χ4n) is 1.43. The van der Waals surface area contributed by atoms with Crippen LogP contribution in [0.3, 0.4) is 0 Å². The van der Waals surface area contributed by atoms with E-state index >= 15 is 0 Å². The molecule has 0 unspecified atom stereocenters. The second-order valence-electron chi connectivity index (χ2n) is 5.49. The van der Waals surface area contributed by atoms with Crippen molar-refractivity contribution >= 4 is 17.3 Å². The zero-order valence-corrected chi connectivity index (χ0v) is 15.7. The Morgan fingerprint density at radius 1 is 0.548 bits per heavy atom. The minimum Gasteiger partial charge on any atom is -0.428 e. The molecule has 0 spiro atoms. The molecule has 0 saturated heterocycles. The number of hydrogen-bond acceptors (Lipinski definition) is 6. The summed E-state index contributed by atoms with van der Waals surface area (Å²) in [5.74, 6) is -9.88. The number of carbonyl (C=O) groups excluding carboxylic acids is 3. The molecule has 0 aliphatic heterocycles. The number of ether oxygens (including phenoxy) is 3. The highest BCUT2D eigenvalue weighted by atomic mass is 19.4. The Morgan fingerprint density at radius 3 is 0.903 bits per heavy atom. The van der Waals surface area contributed by atoms with Gasteiger partial charge in [0.2, 0.25) is 0 Å². The average Bonchev–Trinajstić information content (AvgIpc) is 2.51. The van der Waals surface area contributed by atoms with Gasteiger partial charge in [0.15, 0.2) is 0 Å². The molecule has 0 heterocycles. The summed E-state index contributed by atoms with van der Waals surface area (Å²) in [7, 11) is 0. The summed E-state index contributed by atoms with van der Waals surface area (Å²) in [6.45, 7) is -0.123. The first-order chi connectivity index (χ1) is 13.7. The van der Waals surface area contributed by atoms with Gasteiger partial charge in [-0.05, 0) is 20.8 Å². The predicted octanol–water partition coefficient (Wildman–Crippen LogP) is 4.43. The van der Waals surface area contributed by atoms with Crippen LogP contribution in [0.2, 0.25) is 0 Å². The molecule has 0 fully saturated rings. The number of rotatable bonds is 9. The molecule has 0 N–H and O–H groups in total. The molecule has 0 aliphatic carbocycles. The Bertz CT molecular complexity index is 680. The van der Waals surface area contributed by atoms with Crippen molar-refractivity contribution in [2.75, 3.05) is 0 Å². The molecule has 0 atom stereocenters. The zero-order valence-electron chi connectivity index (χ0n) is 15.7. The van der Waals surface area contributed by atoms with Gasteiger partial charge in [0, 0.05) is 18.2 Å². The number of carbonyl (C=O) groups is 3. The number of hydrogen-bond donors (Lipinski definition) is 0. The van der Waals surface area contributed by atoms with Crippen LogP contribution in [-0.4, -0.2) is 42.4 Å². The van der Waals surface area contributed by atoms with Crippen LogP contribution in [0.1, 0.15) is 20.8 Å². The average molecular weight is 472 g/mol. The van der Waals surface area contributed by atoms with E-state index in [-0.39, 0.29) is 18.2 Å². The number of halogens is 9. The van der Waals surface area contributed by atoms with Gasteiger partial charge in [0.1, 0.15) is 17.3 Å². The molecule has 0 amide bonds. The summed E-state index contributed by atoms with van der Waals surface area (Å²) < 4.78 is 124. The lowest BCUT2D eigenvalue weighted by Gasteiger charge is -2.22. The van der Waals surface area contributed by atoms with E-state index in [9.17, 15) is 53.9 Å². The molecule has 0 aromatic carbocycles. The van der Waals surface area contributed by atoms with Crippen molar-refractivity contribution in [1.29, 1.82) is 0 Å². The number of alkyl halides is 9. The van der Waals surface area contributed by atoms with Crippen LogP contribution in [0.25, 0.3) is 0 Å².